The summed E-state index contributed by atoms with van der Waals surface area (Å²) in [5.41, 5.74) is 0.820. The van der Waals surface area contributed by atoms with Crippen LogP contribution < -0.4 is 0 Å². The third-order valence-electron chi connectivity index (χ3n) is 4.04. The number of carbonyl (C=O) groups excluding carboxylic acids is 1. The van der Waals surface area contributed by atoms with E-state index in [2.05, 4.69) is 9.55 Å². The Balaban J connectivity index is 2.10. The Bertz CT molecular complexity index is 469. The van der Waals surface area contributed by atoms with E-state index in [0.29, 0.717) is 5.92 Å². The Morgan fingerprint density at radius 1 is 1.52 bits per heavy atom. The van der Waals surface area contributed by atoms with E-state index in [0.717, 1.165) is 17.4 Å². The molecule has 1 aromatic rings. The summed E-state index contributed by atoms with van der Waals surface area (Å²) >= 11 is 1.39. The second-order valence-electron chi connectivity index (χ2n) is 5.59. The highest BCUT2D eigenvalue weighted by molar-refractivity contribution is 8.00. The van der Waals surface area contributed by atoms with Crippen molar-refractivity contribution in [2.45, 2.75) is 62.6 Å². The minimum atomic E-state index is -0.297. The molecule has 1 aliphatic rings. The van der Waals surface area contributed by atoms with Crippen LogP contribution in [0.15, 0.2) is 11.4 Å². The molecule has 0 aliphatic heterocycles. The summed E-state index contributed by atoms with van der Waals surface area (Å²) in [6.07, 6.45) is 8.08. The van der Waals surface area contributed by atoms with Gasteiger partial charge in [0.05, 0.1) is 25.6 Å². The molecule has 1 fully saturated rings. The Kier molecular flexibility index (Phi) is 6.11. The summed E-state index contributed by atoms with van der Waals surface area (Å²) in [5, 5.41) is 9.99. The summed E-state index contributed by atoms with van der Waals surface area (Å²) in [5.74, 6) is 0.392. The predicted molar refractivity (Wildman–Crippen MR) is 82.1 cm³/mol. The summed E-state index contributed by atoms with van der Waals surface area (Å²) < 4.78 is 6.83. The van der Waals surface area contributed by atoms with Crippen molar-refractivity contribution < 1.29 is 14.6 Å². The average Bonchev–Trinajstić information content (AvgIpc) is 2.89. The molecule has 21 heavy (non-hydrogen) atoms. The van der Waals surface area contributed by atoms with Gasteiger partial charge in [0.1, 0.15) is 5.25 Å². The highest BCUT2D eigenvalue weighted by Gasteiger charge is 2.22. The van der Waals surface area contributed by atoms with Crippen LogP contribution in [0.25, 0.3) is 0 Å². The van der Waals surface area contributed by atoms with Crippen molar-refractivity contribution in [3.05, 3.63) is 11.9 Å². The van der Waals surface area contributed by atoms with E-state index >= 15 is 0 Å². The largest absolute Gasteiger partial charge is 0.468 e. The fraction of sp³-hybridized carbons (Fsp3) is 0.733. The van der Waals surface area contributed by atoms with Gasteiger partial charge in [0.15, 0.2) is 5.16 Å². The molecule has 1 unspecified atom stereocenters. The zero-order chi connectivity index (χ0) is 15.2. The highest BCUT2D eigenvalue weighted by Crippen LogP contribution is 2.29. The molecule has 2 rings (SSSR count). The van der Waals surface area contributed by atoms with Crippen LogP contribution in [0.3, 0.4) is 0 Å². The monoisotopic (exact) mass is 312 g/mol. The summed E-state index contributed by atoms with van der Waals surface area (Å²) in [6.45, 7) is 2.67. The first-order chi connectivity index (χ1) is 10.2. The van der Waals surface area contributed by atoms with Gasteiger partial charge in [0, 0.05) is 6.54 Å². The van der Waals surface area contributed by atoms with Crippen LogP contribution >= 0.6 is 11.8 Å². The molecule has 0 bridgehead atoms. The lowest BCUT2D eigenvalue weighted by Crippen LogP contribution is -2.19. The van der Waals surface area contributed by atoms with Crippen LogP contribution in [-0.2, 0) is 22.7 Å². The number of ether oxygens (including phenoxy) is 1. The molecule has 6 heteroatoms. The fourth-order valence-corrected chi connectivity index (χ4v) is 3.75. The van der Waals surface area contributed by atoms with Crippen molar-refractivity contribution >= 4 is 17.7 Å². The number of aliphatic hydroxyl groups is 1. The Morgan fingerprint density at radius 2 is 2.24 bits per heavy atom. The number of hydrogen-bond donors (Lipinski definition) is 1. The number of carbonyl (C=O) groups is 1. The molecule has 1 atom stereocenters. The maximum Gasteiger partial charge on any atom is 0.318 e. The molecule has 1 N–H and O–H groups in total. The van der Waals surface area contributed by atoms with Crippen molar-refractivity contribution in [1.29, 1.82) is 0 Å². The van der Waals surface area contributed by atoms with Gasteiger partial charge in [-0.05, 0) is 25.7 Å². The van der Waals surface area contributed by atoms with Gasteiger partial charge < -0.3 is 14.4 Å². The van der Waals surface area contributed by atoms with Crippen molar-refractivity contribution in [3.8, 4) is 0 Å². The van der Waals surface area contributed by atoms with Crippen molar-refractivity contribution in [2.24, 2.45) is 5.92 Å². The number of esters is 1. The zero-order valence-corrected chi connectivity index (χ0v) is 13.6. The SMILES string of the molecule is COC(=O)C(C)Sc1ncc(CO)n1CC1CCCCC1. The smallest absolute Gasteiger partial charge is 0.318 e. The van der Waals surface area contributed by atoms with Gasteiger partial charge in [-0.1, -0.05) is 31.0 Å². The highest BCUT2D eigenvalue weighted by atomic mass is 32.2. The maximum atomic E-state index is 11.6. The van der Waals surface area contributed by atoms with Gasteiger partial charge in [-0.15, -0.1) is 0 Å². The first kappa shape index (κ1) is 16.4. The van der Waals surface area contributed by atoms with Crippen molar-refractivity contribution in [2.75, 3.05) is 7.11 Å². The number of methoxy groups -OCH3 is 1. The standard InChI is InChI=1S/C15H24N2O3S/c1-11(14(19)20-2)21-15-16-8-13(10-18)17(15)9-12-6-4-3-5-7-12/h8,11-12,18H,3-7,9-10H2,1-2H3. The molecule has 1 saturated carbocycles. The lowest BCUT2D eigenvalue weighted by molar-refractivity contribution is -0.139. The predicted octanol–water partition coefficient (Wildman–Crippen LogP) is 2.61. The molecule has 0 amide bonds. The number of imidazole rings is 1. The molecular weight excluding hydrogens is 288 g/mol. The number of nitrogens with zero attached hydrogens (tertiary/aromatic N) is 2. The van der Waals surface area contributed by atoms with Crippen LogP contribution in [0.1, 0.15) is 44.7 Å². The van der Waals surface area contributed by atoms with E-state index in [-0.39, 0.29) is 17.8 Å². The first-order valence-electron chi connectivity index (χ1n) is 7.55. The molecule has 118 valence electrons. The van der Waals surface area contributed by atoms with Crippen LogP contribution in [0, 0.1) is 5.92 Å². The molecule has 0 saturated heterocycles. The van der Waals surface area contributed by atoms with Crippen LogP contribution in [0.5, 0.6) is 0 Å². The Morgan fingerprint density at radius 3 is 2.86 bits per heavy atom. The summed E-state index contributed by atoms with van der Waals surface area (Å²) in [4.78, 5) is 15.9. The van der Waals surface area contributed by atoms with Crippen molar-refractivity contribution in [1.82, 2.24) is 9.55 Å². The number of aliphatic hydroxyl groups excluding tert-OH is 1. The molecule has 0 spiro atoms. The molecule has 0 radical (unpaired) electrons. The number of rotatable bonds is 6. The molecule has 1 aliphatic carbocycles. The number of aromatic nitrogens is 2. The first-order valence-corrected chi connectivity index (χ1v) is 8.43. The Labute approximate surface area is 130 Å². The number of hydrogen-bond acceptors (Lipinski definition) is 5. The van der Waals surface area contributed by atoms with Gasteiger partial charge in [-0.25, -0.2) is 4.98 Å². The lowest BCUT2D eigenvalue weighted by Gasteiger charge is -2.24. The lowest BCUT2D eigenvalue weighted by atomic mass is 9.89. The third kappa shape index (κ3) is 4.23. The minimum absolute atomic E-state index is 0.0209. The normalized spacial score (nSPS) is 17.7. The van der Waals surface area contributed by atoms with E-state index in [1.54, 1.807) is 6.20 Å². The summed E-state index contributed by atoms with van der Waals surface area (Å²) in [7, 11) is 1.40. The van der Waals surface area contributed by atoms with Crippen LogP contribution in [-0.4, -0.2) is 33.0 Å². The summed E-state index contributed by atoms with van der Waals surface area (Å²) in [6, 6.07) is 0. The van der Waals surface area contributed by atoms with Crippen molar-refractivity contribution in [3.63, 3.8) is 0 Å². The van der Waals surface area contributed by atoms with E-state index in [1.165, 1.54) is 51.0 Å². The third-order valence-corrected chi connectivity index (χ3v) is 5.13. The minimum Gasteiger partial charge on any atom is -0.468 e. The van der Waals surface area contributed by atoms with E-state index in [9.17, 15) is 9.90 Å². The van der Waals surface area contributed by atoms with Gasteiger partial charge in [-0.2, -0.15) is 0 Å². The fourth-order valence-electron chi connectivity index (χ4n) is 2.81. The maximum absolute atomic E-state index is 11.6. The average molecular weight is 312 g/mol. The van der Waals surface area contributed by atoms with Gasteiger partial charge >= 0.3 is 5.97 Å². The van der Waals surface area contributed by atoms with Gasteiger partial charge in [0.2, 0.25) is 0 Å². The van der Waals surface area contributed by atoms with Gasteiger partial charge in [-0.3, -0.25) is 4.79 Å². The topological polar surface area (TPSA) is 64.3 Å². The van der Waals surface area contributed by atoms with E-state index < -0.39 is 0 Å². The quantitative estimate of drug-likeness (QED) is 0.646. The molecule has 1 heterocycles. The molecule has 0 aromatic carbocycles. The molecular formula is C15H24N2O3S. The van der Waals surface area contributed by atoms with Crippen LogP contribution in [0.2, 0.25) is 0 Å². The van der Waals surface area contributed by atoms with E-state index in [4.69, 9.17) is 4.74 Å². The zero-order valence-electron chi connectivity index (χ0n) is 12.7. The molecule has 1 aromatic heterocycles. The van der Waals surface area contributed by atoms with Gasteiger partial charge in [0.25, 0.3) is 0 Å². The van der Waals surface area contributed by atoms with Crippen LogP contribution in [0.4, 0.5) is 0 Å². The van der Waals surface area contributed by atoms with E-state index in [1.807, 2.05) is 6.92 Å². The Hall–Kier alpha value is -1.01. The molecule has 5 nitrogen and oxygen atoms in total. The second-order valence-corrected chi connectivity index (χ2v) is 6.90. The second kappa shape index (κ2) is 7.84. The number of thioether (sulfide) groups is 1.